The zero-order valence-electron chi connectivity index (χ0n) is 15.0. The van der Waals surface area contributed by atoms with Crippen molar-refractivity contribution in [3.05, 3.63) is 41.5 Å². The molecule has 0 radical (unpaired) electrons. The third-order valence-electron chi connectivity index (χ3n) is 5.07. The SMILES string of the molecule is COC(=O)c1ccc2c(CF)c(O[C@H]3C[C@H](C)C[C@H](C)C3)ccc2c1. The van der Waals surface area contributed by atoms with E-state index >= 15 is 0 Å². The van der Waals surface area contributed by atoms with Gasteiger partial charge in [0.2, 0.25) is 0 Å². The monoisotopic (exact) mass is 344 g/mol. The lowest BCUT2D eigenvalue weighted by molar-refractivity contribution is 0.0601. The van der Waals surface area contributed by atoms with Crippen LogP contribution in [0.1, 0.15) is 49.0 Å². The number of ether oxygens (including phenoxy) is 2. The van der Waals surface area contributed by atoms with Gasteiger partial charge >= 0.3 is 5.97 Å². The lowest BCUT2D eigenvalue weighted by atomic mass is 9.82. The van der Waals surface area contributed by atoms with Crippen LogP contribution in [0.4, 0.5) is 4.39 Å². The van der Waals surface area contributed by atoms with Crippen LogP contribution in [0.15, 0.2) is 30.3 Å². The molecule has 0 N–H and O–H groups in total. The summed E-state index contributed by atoms with van der Waals surface area (Å²) in [6, 6.07) is 8.88. The van der Waals surface area contributed by atoms with Crippen LogP contribution in [0, 0.1) is 11.8 Å². The predicted octanol–water partition coefficient (Wildman–Crippen LogP) is 5.30. The Morgan fingerprint density at radius 2 is 1.84 bits per heavy atom. The Morgan fingerprint density at radius 3 is 2.48 bits per heavy atom. The molecule has 1 aliphatic rings. The van der Waals surface area contributed by atoms with Crippen LogP contribution in [0.5, 0.6) is 5.75 Å². The fraction of sp³-hybridized carbons (Fsp3) is 0.476. The zero-order chi connectivity index (χ0) is 18.0. The predicted molar refractivity (Wildman–Crippen MR) is 96.7 cm³/mol. The van der Waals surface area contributed by atoms with Crippen molar-refractivity contribution in [1.29, 1.82) is 0 Å². The molecular formula is C21H25FO3. The van der Waals surface area contributed by atoms with Crippen LogP contribution in [0.2, 0.25) is 0 Å². The number of benzene rings is 2. The summed E-state index contributed by atoms with van der Waals surface area (Å²) in [5.74, 6) is 1.48. The summed E-state index contributed by atoms with van der Waals surface area (Å²) in [7, 11) is 1.35. The minimum Gasteiger partial charge on any atom is -0.490 e. The van der Waals surface area contributed by atoms with Crippen LogP contribution in [0.3, 0.4) is 0 Å². The van der Waals surface area contributed by atoms with Gasteiger partial charge in [0.25, 0.3) is 0 Å². The lowest BCUT2D eigenvalue weighted by Crippen LogP contribution is -2.28. The number of esters is 1. The molecule has 0 aromatic heterocycles. The van der Waals surface area contributed by atoms with E-state index in [4.69, 9.17) is 9.47 Å². The summed E-state index contributed by atoms with van der Waals surface area (Å²) in [6.07, 6.45) is 3.38. The van der Waals surface area contributed by atoms with Gasteiger partial charge in [0.15, 0.2) is 0 Å². The number of halogens is 1. The first-order chi connectivity index (χ1) is 12.0. The molecule has 0 saturated heterocycles. The highest BCUT2D eigenvalue weighted by molar-refractivity contribution is 5.97. The molecule has 3 atom stereocenters. The van der Waals surface area contributed by atoms with Gasteiger partial charge in [-0.15, -0.1) is 0 Å². The second-order valence-corrected chi connectivity index (χ2v) is 7.26. The van der Waals surface area contributed by atoms with E-state index in [1.165, 1.54) is 13.5 Å². The lowest BCUT2D eigenvalue weighted by Gasteiger charge is -2.32. The number of fused-ring (bicyclic) bond motifs is 1. The topological polar surface area (TPSA) is 35.5 Å². The quantitative estimate of drug-likeness (QED) is 0.706. The van der Waals surface area contributed by atoms with Gasteiger partial charge in [-0.05, 0) is 60.1 Å². The summed E-state index contributed by atoms with van der Waals surface area (Å²) in [5.41, 5.74) is 1.02. The average molecular weight is 344 g/mol. The Kier molecular flexibility index (Phi) is 5.26. The maximum absolute atomic E-state index is 13.8. The van der Waals surface area contributed by atoms with Crippen LogP contribution in [-0.4, -0.2) is 19.2 Å². The third kappa shape index (κ3) is 3.78. The number of hydrogen-bond acceptors (Lipinski definition) is 3. The minimum absolute atomic E-state index is 0.135. The van der Waals surface area contributed by atoms with Crippen molar-refractivity contribution >= 4 is 16.7 Å². The van der Waals surface area contributed by atoms with Crippen LogP contribution in [-0.2, 0) is 11.4 Å². The molecule has 3 nitrogen and oxygen atoms in total. The number of methoxy groups -OCH3 is 1. The zero-order valence-corrected chi connectivity index (χ0v) is 15.0. The highest BCUT2D eigenvalue weighted by Crippen LogP contribution is 2.35. The van der Waals surface area contributed by atoms with Crippen molar-refractivity contribution in [2.75, 3.05) is 7.11 Å². The fourth-order valence-electron chi connectivity index (χ4n) is 4.02. The summed E-state index contributed by atoms with van der Waals surface area (Å²) in [5, 5.41) is 1.60. The van der Waals surface area contributed by atoms with Crippen molar-refractivity contribution in [3.8, 4) is 5.75 Å². The van der Waals surface area contributed by atoms with E-state index in [1.54, 1.807) is 18.2 Å². The largest absolute Gasteiger partial charge is 0.490 e. The molecule has 0 aliphatic heterocycles. The van der Waals surface area contributed by atoms with E-state index < -0.39 is 12.6 Å². The van der Waals surface area contributed by atoms with Crippen molar-refractivity contribution < 1.29 is 18.7 Å². The molecule has 1 fully saturated rings. The van der Waals surface area contributed by atoms with Gasteiger partial charge < -0.3 is 9.47 Å². The highest BCUT2D eigenvalue weighted by Gasteiger charge is 2.26. The summed E-state index contributed by atoms with van der Waals surface area (Å²) in [4.78, 5) is 11.7. The number of carbonyl (C=O) groups excluding carboxylic acids is 1. The molecule has 0 spiro atoms. The molecule has 2 aromatic rings. The van der Waals surface area contributed by atoms with Gasteiger partial charge in [-0.2, -0.15) is 0 Å². The molecule has 2 aromatic carbocycles. The standard InChI is InChI=1S/C21H25FO3/c1-13-8-14(2)10-17(9-13)25-20-7-5-15-11-16(21(23)24-3)4-6-18(15)19(20)12-22/h4-7,11,13-14,17H,8-10,12H2,1-3H3/t13-,14+,17+. The Hall–Kier alpha value is -2.10. The Labute approximate surface area is 148 Å². The van der Waals surface area contributed by atoms with Crippen molar-refractivity contribution in [2.45, 2.75) is 45.9 Å². The molecule has 4 heteroatoms. The van der Waals surface area contributed by atoms with E-state index in [2.05, 4.69) is 13.8 Å². The van der Waals surface area contributed by atoms with Gasteiger partial charge in [0, 0.05) is 5.56 Å². The number of hydrogen-bond donors (Lipinski definition) is 0. The molecule has 0 amide bonds. The van der Waals surface area contributed by atoms with Crippen LogP contribution >= 0.6 is 0 Å². The van der Waals surface area contributed by atoms with Crippen molar-refractivity contribution in [1.82, 2.24) is 0 Å². The summed E-state index contributed by atoms with van der Waals surface area (Å²) in [6.45, 7) is 3.90. The molecule has 25 heavy (non-hydrogen) atoms. The maximum atomic E-state index is 13.8. The van der Waals surface area contributed by atoms with E-state index in [9.17, 15) is 9.18 Å². The molecule has 3 rings (SSSR count). The first-order valence-electron chi connectivity index (χ1n) is 8.88. The van der Waals surface area contributed by atoms with Crippen molar-refractivity contribution in [3.63, 3.8) is 0 Å². The average Bonchev–Trinajstić information content (AvgIpc) is 2.59. The van der Waals surface area contributed by atoms with E-state index in [-0.39, 0.29) is 6.10 Å². The van der Waals surface area contributed by atoms with Gasteiger partial charge in [-0.3, -0.25) is 0 Å². The third-order valence-corrected chi connectivity index (χ3v) is 5.07. The minimum atomic E-state index is -0.595. The first-order valence-corrected chi connectivity index (χ1v) is 8.88. The molecule has 0 unspecified atom stereocenters. The van der Waals surface area contributed by atoms with Gasteiger partial charge in [0.1, 0.15) is 12.4 Å². The van der Waals surface area contributed by atoms with Gasteiger partial charge in [-0.1, -0.05) is 26.0 Å². The molecule has 1 saturated carbocycles. The number of carbonyl (C=O) groups is 1. The summed E-state index contributed by atoms with van der Waals surface area (Å²) >= 11 is 0. The van der Waals surface area contributed by atoms with Crippen LogP contribution in [0.25, 0.3) is 10.8 Å². The molecule has 0 bridgehead atoms. The Bertz CT molecular complexity index is 761. The highest BCUT2D eigenvalue weighted by atomic mass is 19.1. The smallest absolute Gasteiger partial charge is 0.337 e. The van der Waals surface area contributed by atoms with E-state index in [1.807, 2.05) is 12.1 Å². The van der Waals surface area contributed by atoms with Crippen LogP contribution < -0.4 is 4.74 Å². The van der Waals surface area contributed by atoms with Crippen molar-refractivity contribution in [2.24, 2.45) is 11.8 Å². The van der Waals surface area contributed by atoms with Gasteiger partial charge in [0.05, 0.1) is 18.8 Å². The second-order valence-electron chi connectivity index (χ2n) is 7.26. The molecular weight excluding hydrogens is 319 g/mol. The number of rotatable bonds is 4. The maximum Gasteiger partial charge on any atom is 0.337 e. The Morgan fingerprint density at radius 1 is 1.12 bits per heavy atom. The van der Waals surface area contributed by atoms with E-state index in [0.717, 1.165) is 23.6 Å². The first kappa shape index (κ1) is 17.7. The second kappa shape index (κ2) is 7.42. The van der Waals surface area contributed by atoms with Gasteiger partial charge in [-0.25, -0.2) is 9.18 Å². The fourth-order valence-corrected chi connectivity index (χ4v) is 4.02. The molecule has 0 heterocycles. The number of alkyl halides is 1. The van der Waals surface area contributed by atoms with E-state index in [0.29, 0.717) is 28.7 Å². The Balaban J connectivity index is 1.92. The molecule has 1 aliphatic carbocycles. The normalized spacial score (nSPS) is 23.4. The summed E-state index contributed by atoms with van der Waals surface area (Å²) < 4.78 is 24.7. The molecule has 134 valence electrons.